The summed E-state index contributed by atoms with van der Waals surface area (Å²) in [6, 6.07) is 7.13. The molecule has 0 bridgehead atoms. The van der Waals surface area contributed by atoms with E-state index in [0.29, 0.717) is 11.3 Å². The van der Waals surface area contributed by atoms with E-state index in [1.807, 2.05) is 26.8 Å². The third-order valence-corrected chi connectivity index (χ3v) is 3.27. The summed E-state index contributed by atoms with van der Waals surface area (Å²) >= 11 is 0. The maximum absolute atomic E-state index is 12.3. The second-order valence-electron chi connectivity index (χ2n) is 5.96. The van der Waals surface area contributed by atoms with Gasteiger partial charge in [0.2, 0.25) is 0 Å². The molecule has 1 atom stereocenters. The third-order valence-electron chi connectivity index (χ3n) is 3.27. The van der Waals surface area contributed by atoms with Crippen molar-refractivity contribution in [3.63, 3.8) is 0 Å². The van der Waals surface area contributed by atoms with Crippen molar-refractivity contribution in [2.75, 3.05) is 6.54 Å². The number of rotatable bonds is 4. The van der Waals surface area contributed by atoms with Crippen LogP contribution in [0.1, 0.15) is 31.1 Å². The predicted octanol–water partition coefficient (Wildman–Crippen LogP) is 1.40. The first-order valence-electron chi connectivity index (χ1n) is 6.81. The Morgan fingerprint density at radius 3 is 2.71 bits per heavy atom. The minimum atomic E-state index is -0.611. The van der Waals surface area contributed by atoms with Gasteiger partial charge in [0.05, 0.1) is 29.7 Å². The number of hydrogen-bond donors (Lipinski definition) is 2. The molecule has 112 valence electrons. The van der Waals surface area contributed by atoms with Gasteiger partial charge in [-0.2, -0.15) is 0 Å². The number of hydrogen-bond acceptors (Lipinski definition) is 4. The molecule has 2 rings (SSSR count). The Hall–Kier alpha value is -2.21. The van der Waals surface area contributed by atoms with Gasteiger partial charge in [-0.3, -0.25) is 4.79 Å². The van der Waals surface area contributed by atoms with Crippen LogP contribution in [0.25, 0.3) is 5.69 Å². The minimum absolute atomic E-state index is 0.202. The fraction of sp³-hybridized carbons (Fsp3) is 0.400. The molecule has 2 N–H and O–H groups in total. The molecule has 0 aliphatic carbocycles. The van der Waals surface area contributed by atoms with E-state index in [9.17, 15) is 9.90 Å². The minimum Gasteiger partial charge on any atom is -0.391 e. The fourth-order valence-electron chi connectivity index (χ4n) is 1.79. The number of aliphatic hydroxyl groups is 1. The van der Waals surface area contributed by atoms with E-state index in [1.54, 1.807) is 30.6 Å². The van der Waals surface area contributed by atoms with Crippen LogP contribution in [0.5, 0.6) is 0 Å². The number of carbonyl (C=O) groups is 1. The molecule has 0 aliphatic rings. The van der Waals surface area contributed by atoms with Crippen LogP contribution >= 0.6 is 0 Å². The molecule has 0 saturated heterocycles. The van der Waals surface area contributed by atoms with Gasteiger partial charge in [-0.05, 0) is 17.5 Å². The number of benzene rings is 1. The Morgan fingerprint density at radius 1 is 1.38 bits per heavy atom. The molecule has 1 aromatic carbocycles. The van der Waals surface area contributed by atoms with E-state index in [-0.39, 0.29) is 17.9 Å². The molecule has 1 heterocycles. The number of aliphatic hydroxyl groups excluding tert-OH is 1. The van der Waals surface area contributed by atoms with Gasteiger partial charge in [-0.25, -0.2) is 4.68 Å². The van der Waals surface area contributed by atoms with E-state index in [1.165, 1.54) is 4.68 Å². The van der Waals surface area contributed by atoms with E-state index >= 15 is 0 Å². The average molecular weight is 288 g/mol. The summed E-state index contributed by atoms with van der Waals surface area (Å²) in [6.45, 7) is 5.97. The molecule has 0 spiro atoms. The highest BCUT2D eigenvalue weighted by Gasteiger charge is 2.23. The zero-order valence-electron chi connectivity index (χ0n) is 12.4. The van der Waals surface area contributed by atoms with Crippen LogP contribution in [0.2, 0.25) is 0 Å². The summed E-state index contributed by atoms with van der Waals surface area (Å²) < 4.78 is 1.54. The Balaban J connectivity index is 2.14. The normalized spacial score (nSPS) is 13.0. The summed E-state index contributed by atoms with van der Waals surface area (Å²) in [5.74, 6) is -0.246. The third kappa shape index (κ3) is 3.66. The Labute approximate surface area is 123 Å². The zero-order chi connectivity index (χ0) is 15.5. The summed E-state index contributed by atoms with van der Waals surface area (Å²) in [5, 5.41) is 20.4. The Kier molecular flexibility index (Phi) is 4.37. The molecule has 21 heavy (non-hydrogen) atoms. The van der Waals surface area contributed by atoms with Gasteiger partial charge < -0.3 is 10.4 Å². The van der Waals surface area contributed by atoms with Gasteiger partial charge in [0.15, 0.2) is 0 Å². The van der Waals surface area contributed by atoms with Crippen LogP contribution in [-0.2, 0) is 0 Å². The second kappa shape index (κ2) is 6.05. The molecular formula is C15H20N4O2. The van der Waals surface area contributed by atoms with Gasteiger partial charge in [-0.1, -0.05) is 38.1 Å². The van der Waals surface area contributed by atoms with Crippen LogP contribution in [0.3, 0.4) is 0 Å². The lowest BCUT2D eigenvalue weighted by atomic mass is 9.89. The first-order valence-corrected chi connectivity index (χ1v) is 6.81. The van der Waals surface area contributed by atoms with Crippen molar-refractivity contribution >= 4 is 5.91 Å². The number of para-hydroxylation sites is 1. The second-order valence-corrected chi connectivity index (χ2v) is 5.96. The van der Waals surface area contributed by atoms with Crippen LogP contribution in [0, 0.1) is 5.41 Å². The van der Waals surface area contributed by atoms with Gasteiger partial charge in [-0.15, -0.1) is 5.10 Å². The van der Waals surface area contributed by atoms with Crippen molar-refractivity contribution in [1.82, 2.24) is 20.3 Å². The fourth-order valence-corrected chi connectivity index (χ4v) is 1.79. The van der Waals surface area contributed by atoms with Crippen molar-refractivity contribution in [2.45, 2.75) is 26.9 Å². The number of amides is 1. The van der Waals surface area contributed by atoms with Gasteiger partial charge in [0, 0.05) is 6.54 Å². The Bertz CT molecular complexity index is 602. The van der Waals surface area contributed by atoms with Crippen LogP contribution in [0.15, 0.2) is 36.7 Å². The molecule has 0 radical (unpaired) electrons. The number of nitrogens with zero attached hydrogens (tertiary/aromatic N) is 3. The van der Waals surface area contributed by atoms with Gasteiger partial charge in [0.25, 0.3) is 5.91 Å². The molecule has 0 fully saturated rings. The Morgan fingerprint density at radius 2 is 2.10 bits per heavy atom. The van der Waals surface area contributed by atoms with E-state index in [4.69, 9.17) is 0 Å². The zero-order valence-corrected chi connectivity index (χ0v) is 12.4. The van der Waals surface area contributed by atoms with E-state index in [0.717, 1.165) is 0 Å². The topological polar surface area (TPSA) is 80.0 Å². The summed E-state index contributed by atoms with van der Waals surface area (Å²) in [5.41, 5.74) is 0.862. The monoisotopic (exact) mass is 288 g/mol. The number of aromatic nitrogens is 3. The molecular weight excluding hydrogens is 268 g/mol. The quantitative estimate of drug-likeness (QED) is 0.891. The molecule has 1 unspecified atom stereocenters. The lowest BCUT2D eigenvalue weighted by molar-refractivity contribution is 0.0587. The smallest absolute Gasteiger partial charge is 0.253 e. The largest absolute Gasteiger partial charge is 0.391 e. The summed E-state index contributed by atoms with van der Waals surface area (Å²) in [6.07, 6.45) is 2.62. The highest BCUT2D eigenvalue weighted by molar-refractivity contribution is 5.97. The van der Waals surface area contributed by atoms with Crippen LogP contribution in [0.4, 0.5) is 0 Å². The van der Waals surface area contributed by atoms with Crippen LogP contribution in [-0.4, -0.2) is 38.7 Å². The first-order chi connectivity index (χ1) is 9.89. The SMILES string of the molecule is CC(C)(C)C(O)CNC(=O)c1ccccc1-n1ccnn1. The maximum Gasteiger partial charge on any atom is 0.253 e. The predicted molar refractivity (Wildman–Crippen MR) is 79.2 cm³/mol. The summed E-state index contributed by atoms with van der Waals surface area (Å²) in [7, 11) is 0. The lowest BCUT2D eigenvalue weighted by Crippen LogP contribution is -2.39. The van der Waals surface area contributed by atoms with Crippen molar-refractivity contribution < 1.29 is 9.90 Å². The molecule has 2 aromatic rings. The molecule has 6 nitrogen and oxygen atoms in total. The summed E-state index contributed by atoms with van der Waals surface area (Å²) in [4.78, 5) is 12.3. The molecule has 0 saturated carbocycles. The van der Waals surface area contributed by atoms with Gasteiger partial charge >= 0.3 is 0 Å². The van der Waals surface area contributed by atoms with Crippen LogP contribution < -0.4 is 5.32 Å². The van der Waals surface area contributed by atoms with Gasteiger partial charge in [0.1, 0.15) is 0 Å². The lowest BCUT2D eigenvalue weighted by Gasteiger charge is -2.26. The first kappa shape index (κ1) is 15.2. The highest BCUT2D eigenvalue weighted by Crippen LogP contribution is 2.18. The molecule has 0 aliphatic heterocycles. The van der Waals surface area contributed by atoms with E-state index in [2.05, 4.69) is 15.6 Å². The highest BCUT2D eigenvalue weighted by atomic mass is 16.3. The number of nitrogens with one attached hydrogen (secondary N) is 1. The standard InChI is InChI=1S/C15H20N4O2/c1-15(2,3)13(20)10-16-14(21)11-6-4-5-7-12(11)19-9-8-17-18-19/h4-9,13,20H,10H2,1-3H3,(H,16,21). The molecule has 6 heteroatoms. The van der Waals surface area contributed by atoms with Crippen molar-refractivity contribution in [3.05, 3.63) is 42.2 Å². The van der Waals surface area contributed by atoms with Crippen molar-refractivity contribution in [3.8, 4) is 5.69 Å². The molecule has 1 aromatic heterocycles. The van der Waals surface area contributed by atoms with E-state index < -0.39 is 6.10 Å². The van der Waals surface area contributed by atoms with Crippen molar-refractivity contribution in [2.24, 2.45) is 5.41 Å². The average Bonchev–Trinajstić information content (AvgIpc) is 2.97. The number of carbonyl (C=O) groups excluding carboxylic acids is 1. The maximum atomic E-state index is 12.3. The van der Waals surface area contributed by atoms with Crippen molar-refractivity contribution in [1.29, 1.82) is 0 Å². The molecule has 1 amide bonds.